The van der Waals surface area contributed by atoms with Crippen molar-refractivity contribution in [2.75, 3.05) is 6.79 Å². The van der Waals surface area contributed by atoms with Crippen LogP contribution in [0.3, 0.4) is 0 Å². The van der Waals surface area contributed by atoms with E-state index in [4.69, 9.17) is 9.47 Å². The maximum atomic E-state index is 5.51. The van der Waals surface area contributed by atoms with Gasteiger partial charge in [0.25, 0.3) is 0 Å². The van der Waals surface area contributed by atoms with Crippen molar-refractivity contribution in [1.29, 1.82) is 0 Å². The molecule has 0 unspecified atom stereocenters. The minimum absolute atomic E-state index is 0.116. The van der Waals surface area contributed by atoms with E-state index in [1.807, 2.05) is 6.07 Å². The zero-order chi connectivity index (χ0) is 14.5. The lowest BCUT2D eigenvalue weighted by Gasteiger charge is -2.24. The molecule has 2 aliphatic heterocycles. The van der Waals surface area contributed by atoms with Gasteiger partial charge in [-0.1, -0.05) is 24.3 Å². The van der Waals surface area contributed by atoms with Gasteiger partial charge >= 0.3 is 0 Å². The number of ether oxygens (including phenoxy) is 2. The summed E-state index contributed by atoms with van der Waals surface area (Å²) in [6, 6.07) is 14.7. The Bertz CT molecular complexity index is 869. The average molecular weight is 291 g/mol. The van der Waals surface area contributed by atoms with Crippen molar-refractivity contribution in [3.63, 3.8) is 0 Å². The fourth-order valence-corrected chi connectivity index (χ4v) is 3.40. The van der Waals surface area contributed by atoms with Gasteiger partial charge in [0.15, 0.2) is 11.5 Å². The van der Waals surface area contributed by atoms with Crippen LogP contribution in [-0.4, -0.2) is 11.8 Å². The van der Waals surface area contributed by atoms with E-state index in [0.717, 1.165) is 17.9 Å². The van der Waals surface area contributed by atoms with Crippen LogP contribution in [0.25, 0.3) is 10.9 Å². The van der Waals surface area contributed by atoms with Crippen LogP contribution < -0.4 is 14.8 Å². The summed E-state index contributed by atoms with van der Waals surface area (Å²) in [6.45, 7) is 2.44. The van der Waals surface area contributed by atoms with Crippen molar-refractivity contribution in [2.24, 2.45) is 0 Å². The zero-order valence-electron chi connectivity index (χ0n) is 11.9. The number of para-hydroxylation sites is 1. The Balaban J connectivity index is 1.65. The topological polar surface area (TPSA) is 46.3 Å². The third kappa shape index (κ3) is 1.67. The van der Waals surface area contributed by atoms with Gasteiger partial charge in [0.05, 0.1) is 6.04 Å². The molecule has 3 heterocycles. The van der Waals surface area contributed by atoms with E-state index in [1.54, 1.807) is 0 Å². The maximum absolute atomic E-state index is 5.51. The molecule has 1 aromatic heterocycles. The molecular weight excluding hydrogens is 276 g/mol. The smallest absolute Gasteiger partial charge is 0.231 e. The summed E-state index contributed by atoms with van der Waals surface area (Å²) in [5.74, 6) is 1.64. The molecule has 4 heteroatoms. The first-order valence-corrected chi connectivity index (χ1v) is 7.47. The molecule has 0 saturated heterocycles. The largest absolute Gasteiger partial charge is 0.454 e. The highest BCUT2D eigenvalue weighted by molar-refractivity contribution is 5.85. The van der Waals surface area contributed by atoms with Crippen LogP contribution in [0.2, 0.25) is 0 Å². The van der Waals surface area contributed by atoms with Gasteiger partial charge in [-0.3, -0.25) is 0 Å². The monoisotopic (exact) mass is 291 g/mol. The van der Waals surface area contributed by atoms with Crippen LogP contribution in [-0.2, 0) is 6.42 Å². The highest BCUT2D eigenvalue weighted by Gasteiger charge is 2.26. The van der Waals surface area contributed by atoms with Crippen molar-refractivity contribution in [2.45, 2.75) is 12.5 Å². The minimum atomic E-state index is 0.116. The minimum Gasteiger partial charge on any atom is -0.454 e. The molecule has 22 heavy (non-hydrogen) atoms. The Kier molecular flexibility index (Phi) is 2.49. The number of rotatable bonds is 1. The molecular formula is C18H15N2O2. The molecule has 109 valence electrons. The molecule has 1 atom stereocenters. The van der Waals surface area contributed by atoms with E-state index in [-0.39, 0.29) is 6.04 Å². The second kappa shape index (κ2) is 4.52. The summed E-state index contributed by atoms with van der Waals surface area (Å²) >= 11 is 0. The third-order valence-electron chi connectivity index (χ3n) is 4.46. The predicted octanol–water partition coefficient (Wildman–Crippen LogP) is 3.29. The predicted molar refractivity (Wildman–Crippen MR) is 83.8 cm³/mol. The molecule has 0 saturated carbocycles. The summed E-state index contributed by atoms with van der Waals surface area (Å²) in [4.78, 5) is 3.58. The lowest BCUT2D eigenvalue weighted by molar-refractivity contribution is 0.174. The van der Waals surface area contributed by atoms with Gasteiger partial charge in [-0.05, 0) is 35.7 Å². The molecule has 0 spiro atoms. The first-order valence-electron chi connectivity index (χ1n) is 7.47. The Morgan fingerprint density at radius 2 is 1.91 bits per heavy atom. The second-order valence-electron chi connectivity index (χ2n) is 5.68. The average Bonchev–Trinajstić information content (AvgIpc) is 3.18. The molecule has 3 aromatic rings. The van der Waals surface area contributed by atoms with Crippen LogP contribution >= 0.6 is 0 Å². The second-order valence-corrected chi connectivity index (χ2v) is 5.68. The Morgan fingerprint density at radius 3 is 2.91 bits per heavy atom. The molecule has 2 aromatic carbocycles. The number of H-pyrrole nitrogens is 1. The highest BCUT2D eigenvalue weighted by atomic mass is 16.7. The zero-order valence-corrected chi connectivity index (χ0v) is 11.9. The van der Waals surface area contributed by atoms with Crippen LogP contribution in [0, 0.1) is 6.54 Å². The molecule has 5 rings (SSSR count). The number of aromatic amines is 1. The Labute approximate surface area is 128 Å². The van der Waals surface area contributed by atoms with Crippen LogP contribution in [0.4, 0.5) is 0 Å². The van der Waals surface area contributed by atoms with Gasteiger partial charge in [-0.2, -0.15) is 0 Å². The quantitative estimate of drug-likeness (QED) is 0.723. The van der Waals surface area contributed by atoms with Crippen molar-refractivity contribution in [3.05, 3.63) is 65.8 Å². The molecule has 0 aliphatic carbocycles. The molecule has 0 amide bonds. The van der Waals surface area contributed by atoms with Crippen LogP contribution in [0.5, 0.6) is 11.5 Å². The van der Waals surface area contributed by atoms with E-state index < -0.39 is 0 Å². The van der Waals surface area contributed by atoms with Gasteiger partial charge in [-0.25, -0.2) is 0 Å². The first kappa shape index (κ1) is 12.1. The van der Waals surface area contributed by atoms with Crippen molar-refractivity contribution in [1.82, 2.24) is 10.3 Å². The van der Waals surface area contributed by atoms with Crippen molar-refractivity contribution < 1.29 is 9.47 Å². The van der Waals surface area contributed by atoms with E-state index >= 15 is 0 Å². The first-order chi connectivity index (χ1) is 10.9. The summed E-state index contributed by atoms with van der Waals surface area (Å²) < 4.78 is 10.9. The summed E-state index contributed by atoms with van der Waals surface area (Å²) in [5, 5.41) is 4.80. The van der Waals surface area contributed by atoms with Gasteiger partial charge in [0.1, 0.15) is 0 Å². The summed E-state index contributed by atoms with van der Waals surface area (Å²) in [7, 11) is 0. The standard InChI is InChI=1S/C18H15N2O2/c1-2-4-14-12(3-1)13-7-8-19-17(18(13)20-14)11-5-6-15-16(9-11)22-10-21-15/h1-6,8-9,17,19-20H,7,10H2/t17-/m1/s1. The number of fused-ring (bicyclic) bond motifs is 4. The van der Waals surface area contributed by atoms with Crippen LogP contribution in [0.1, 0.15) is 22.9 Å². The van der Waals surface area contributed by atoms with E-state index in [9.17, 15) is 0 Å². The Morgan fingerprint density at radius 1 is 1.00 bits per heavy atom. The number of aromatic nitrogens is 1. The lowest BCUT2D eigenvalue weighted by atomic mass is 9.94. The fraction of sp³-hybridized carbons (Fsp3) is 0.167. The molecule has 0 fully saturated rings. The van der Waals surface area contributed by atoms with Gasteiger partial charge in [0.2, 0.25) is 6.79 Å². The number of hydrogen-bond donors (Lipinski definition) is 2. The number of benzene rings is 2. The number of hydrogen-bond acceptors (Lipinski definition) is 3. The van der Waals surface area contributed by atoms with E-state index in [2.05, 4.69) is 53.2 Å². The van der Waals surface area contributed by atoms with Crippen LogP contribution in [0.15, 0.2) is 42.5 Å². The molecule has 4 nitrogen and oxygen atoms in total. The summed E-state index contributed by atoms with van der Waals surface area (Å²) in [5.41, 5.74) is 4.97. The lowest BCUT2D eigenvalue weighted by Crippen LogP contribution is -2.26. The fourth-order valence-electron chi connectivity index (χ4n) is 3.40. The summed E-state index contributed by atoms with van der Waals surface area (Å²) in [6.07, 6.45) is 0.931. The SMILES string of the molecule is [CH]1Cc2c([nH]c3ccccc23)[C@@H](c2ccc3c(c2)OCO3)N1. The number of nitrogens with one attached hydrogen (secondary N) is 2. The van der Waals surface area contributed by atoms with Gasteiger partial charge in [-0.15, -0.1) is 0 Å². The molecule has 0 bridgehead atoms. The molecule has 2 N–H and O–H groups in total. The molecule has 1 radical (unpaired) electrons. The third-order valence-corrected chi connectivity index (χ3v) is 4.46. The van der Waals surface area contributed by atoms with Crippen molar-refractivity contribution in [3.8, 4) is 11.5 Å². The van der Waals surface area contributed by atoms with E-state index in [0.29, 0.717) is 6.79 Å². The van der Waals surface area contributed by atoms with Gasteiger partial charge in [0, 0.05) is 23.1 Å². The Hall–Kier alpha value is -2.46. The highest BCUT2D eigenvalue weighted by Crippen LogP contribution is 2.38. The maximum Gasteiger partial charge on any atom is 0.231 e. The van der Waals surface area contributed by atoms with Gasteiger partial charge < -0.3 is 19.8 Å². The molecule has 2 aliphatic rings. The normalized spacial score (nSPS) is 19.4. The van der Waals surface area contributed by atoms with E-state index in [1.165, 1.54) is 27.7 Å². The van der Waals surface area contributed by atoms with Crippen molar-refractivity contribution >= 4 is 10.9 Å².